The number of hydrogen-bond donors (Lipinski definition) is 3. The number of hydrogen-bond acceptors (Lipinski definition) is 3. The lowest BCUT2D eigenvalue weighted by molar-refractivity contribution is 0.109. The summed E-state index contributed by atoms with van der Waals surface area (Å²) < 4.78 is 0. The fourth-order valence-corrected chi connectivity index (χ4v) is 1.85. The van der Waals surface area contributed by atoms with Crippen LogP contribution in [0, 0.1) is 0 Å². The first-order valence-electron chi connectivity index (χ1n) is 5.92. The smallest absolute Gasteiger partial charge is 0.0963 e. The zero-order chi connectivity index (χ0) is 13.0. The largest absolute Gasteiger partial charge is 0.395 e. The summed E-state index contributed by atoms with van der Waals surface area (Å²) in [6.45, 7) is -0.235. The van der Waals surface area contributed by atoms with Gasteiger partial charge >= 0.3 is 0 Å². The van der Waals surface area contributed by atoms with E-state index in [-0.39, 0.29) is 6.61 Å². The predicted octanol–water partition coefficient (Wildman–Crippen LogP) is 1.71. The van der Waals surface area contributed by atoms with Crippen LogP contribution >= 0.6 is 0 Å². The summed E-state index contributed by atoms with van der Waals surface area (Å²) in [6, 6.07) is 16.9. The first-order chi connectivity index (χ1) is 8.72. The molecule has 0 amide bonds. The SMILES string of the molecule is N[C@@H](CO)[C@@H](O)c1ccc(-c2ccccc2)cc1. The third-order valence-electron chi connectivity index (χ3n) is 2.98. The van der Waals surface area contributed by atoms with Crippen molar-refractivity contribution in [3.8, 4) is 11.1 Å². The summed E-state index contributed by atoms with van der Waals surface area (Å²) in [5.74, 6) is 0. The van der Waals surface area contributed by atoms with Crippen molar-refractivity contribution in [3.05, 3.63) is 60.2 Å². The molecule has 0 spiro atoms. The van der Waals surface area contributed by atoms with E-state index in [1.165, 1.54) is 0 Å². The summed E-state index contributed by atoms with van der Waals surface area (Å²) >= 11 is 0. The highest BCUT2D eigenvalue weighted by Gasteiger charge is 2.15. The molecule has 0 unspecified atom stereocenters. The second-order valence-electron chi connectivity index (χ2n) is 4.28. The highest BCUT2D eigenvalue weighted by Crippen LogP contribution is 2.22. The Bertz CT molecular complexity index is 482. The van der Waals surface area contributed by atoms with Crippen molar-refractivity contribution in [2.45, 2.75) is 12.1 Å². The summed E-state index contributed by atoms with van der Waals surface area (Å²) in [5, 5.41) is 18.8. The van der Waals surface area contributed by atoms with Crippen molar-refractivity contribution in [1.29, 1.82) is 0 Å². The maximum atomic E-state index is 9.87. The lowest BCUT2D eigenvalue weighted by Crippen LogP contribution is -2.31. The van der Waals surface area contributed by atoms with Gasteiger partial charge in [0.05, 0.1) is 18.8 Å². The van der Waals surface area contributed by atoms with Crippen molar-refractivity contribution in [3.63, 3.8) is 0 Å². The zero-order valence-electron chi connectivity index (χ0n) is 10.0. The predicted molar refractivity (Wildman–Crippen MR) is 71.9 cm³/mol. The van der Waals surface area contributed by atoms with Crippen LogP contribution in [0.1, 0.15) is 11.7 Å². The topological polar surface area (TPSA) is 66.5 Å². The van der Waals surface area contributed by atoms with Crippen LogP contribution < -0.4 is 5.73 Å². The molecule has 18 heavy (non-hydrogen) atoms. The number of aliphatic hydroxyl groups excluding tert-OH is 2. The van der Waals surface area contributed by atoms with E-state index in [1.807, 2.05) is 54.6 Å². The van der Waals surface area contributed by atoms with E-state index in [1.54, 1.807) is 0 Å². The van der Waals surface area contributed by atoms with Gasteiger partial charge in [-0.15, -0.1) is 0 Å². The van der Waals surface area contributed by atoms with Gasteiger partial charge in [-0.25, -0.2) is 0 Å². The van der Waals surface area contributed by atoms with E-state index >= 15 is 0 Å². The molecule has 0 aliphatic carbocycles. The minimum absolute atomic E-state index is 0.235. The first kappa shape index (κ1) is 12.8. The van der Waals surface area contributed by atoms with E-state index in [9.17, 15) is 5.11 Å². The molecule has 3 nitrogen and oxygen atoms in total. The van der Waals surface area contributed by atoms with Crippen molar-refractivity contribution < 1.29 is 10.2 Å². The second kappa shape index (κ2) is 5.78. The molecular weight excluding hydrogens is 226 g/mol. The monoisotopic (exact) mass is 243 g/mol. The van der Waals surface area contributed by atoms with E-state index in [0.717, 1.165) is 16.7 Å². The summed E-state index contributed by atoms with van der Waals surface area (Å²) in [6.07, 6.45) is -0.833. The number of nitrogens with two attached hydrogens (primary N) is 1. The van der Waals surface area contributed by atoms with Crippen LogP contribution in [0.5, 0.6) is 0 Å². The molecular formula is C15H17NO2. The number of rotatable bonds is 4. The Kier molecular flexibility index (Phi) is 4.10. The van der Waals surface area contributed by atoms with Crippen molar-refractivity contribution in [1.82, 2.24) is 0 Å². The highest BCUT2D eigenvalue weighted by molar-refractivity contribution is 5.63. The van der Waals surface area contributed by atoms with Crippen LogP contribution in [-0.2, 0) is 0 Å². The van der Waals surface area contributed by atoms with Gasteiger partial charge in [-0.1, -0.05) is 54.6 Å². The van der Waals surface area contributed by atoms with Crippen molar-refractivity contribution >= 4 is 0 Å². The van der Waals surface area contributed by atoms with Crippen LogP contribution in [0.2, 0.25) is 0 Å². The summed E-state index contributed by atoms with van der Waals surface area (Å²) in [7, 11) is 0. The molecule has 3 heteroatoms. The Morgan fingerprint density at radius 1 is 0.889 bits per heavy atom. The molecule has 2 aromatic rings. The minimum Gasteiger partial charge on any atom is -0.395 e. The van der Waals surface area contributed by atoms with E-state index in [0.29, 0.717) is 0 Å². The highest BCUT2D eigenvalue weighted by atomic mass is 16.3. The Balaban J connectivity index is 2.20. The number of aliphatic hydroxyl groups is 2. The molecule has 2 aromatic carbocycles. The molecule has 94 valence electrons. The summed E-state index contributed by atoms with van der Waals surface area (Å²) in [4.78, 5) is 0. The van der Waals surface area contributed by atoms with Crippen LogP contribution in [0.3, 0.4) is 0 Å². The minimum atomic E-state index is -0.833. The fourth-order valence-electron chi connectivity index (χ4n) is 1.85. The van der Waals surface area contributed by atoms with E-state index in [4.69, 9.17) is 10.8 Å². The van der Waals surface area contributed by atoms with Gasteiger partial charge < -0.3 is 15.9 Å². The lowest BCUT2D eigenvalue weighted by Gasteiger charge is -2.17. The molecule has 0 saturated heterocycles. The van der Waals surface area contributed by atoms with Gasteiger partial charge in [-0.2, -0.15) is 0 Å². The van der Waals surface area contributed by atoms with Gasteiger partial charge in [-0.3, -0.25) is 0 Å². The van der Waals surface area contributed by atoms with Gasteiger partial charge in [0.2, 0.25) is 0 Å². The van der Waals surface area contributed by atoms with Crippen LogP contribution in [-0.4, -0.2) is 22.9 Å². The molecule has 0 bridgehead atoms. The summed E-state index contributed by atoms with van der Waals surface area (Å²) in [5.41, 5.74) is 8.53. The Hall–Kier alpha value is -1.68. The van der Waals surface area contributed by atoms with Crippen LogP contribution in [0.25, 0.3) is 11.1 Å². The third-order valence-corrected chi connectivity index (χ3v) is 2.98. The third kappa shape index (κ3) is 2.76. The van der Waals surface area contributed by atoms with Gasteiger partial charge in [-0.05, 0) is 16.7 Å². The Morgan fingerprint density at radius 3 is 2.00 bits per heavy atom. The molecule has 0 aliphatic heterocycles. The Labute approximate surface area is 107 Å². The van der Waals surface area contributed by atoms with Gasteiger partial charge in [0.25, 0.3) is 0 Å². The van der Waals surface area contributed by atoms with E-state index in [2.05, 4.69) is 0 Å². The average Bonchev–Trinajstić information content (AvgIpc) is 2.47. The lowest BCUT2D eigenvalue weighted by atomic mass is 9.99. The van der Waals surface area contributed by atoms with Crippen LogP contribution in [0.15, 0.2) is 54.6 Å². The van der Waals surface area contributed by atoms with E-state index < -0.39 is 12.1 Å². The molecule has 0 radical (unpaired) electrons. The van der Waals surface area contributed by atoms with Crippen LogP contribution in [0.4, 0.5) is 0 Å². The molecule has 0 heterocycles. The molecule has 2 rings (SSSR count). The quantitative estimate of drug-likeness (QED) is 0.765. The zero-order valence-corrected chi connectivity index (χ0v) is 10.0. The Morgan fingerprint density at radius 2 is 1.44 bits per heavy atom. The second-order valence-corrected chi connectivity index (χ2v) is 4.28. The average molecular weight is 243 g/mol. The van der Waals surface area contributed by atoms with Gasteiger partial charge in [0.15, 0.2) is 0 Å². The molecule has 0 saturated carbocycles. The van der Waals surface area contributed by atoms with Gasteiger partial charge in [0, 0.05) is 0 Å². The fraction of sp³-hybridized carbons (Fsp3) is 0.200. The molecule has 0 aromatic heterocycles. The standard InChI is InChI=1S/C15H17NO2/c16-14(10-17)15(18)13-8-6-12(7-9-13)11-4-2-1-3-5-11/h1-9,14-15,17-18H,10,16H2/t14-,15-/m0/s1. The maximum absolute atomic E-state index is 9.87. The van der Waals surface area contributed by atoms with Crippen molar-refractivity contribution in [2.75, 3.05) is 6.61 Å². The normalized spacial score (nSPS) is 14.2. The van der Waals surface area contributed by atoms with Gasteiger partial charge in [0.1, 0.15) is 0 Å². The maximum Gasteiger partial charge on any atom is 0.0963 e. The number of benzene rings is 2. The molecule has 0 aliphatic rings. The van der Waals surface area contributed by atoms with Crippen molar-refractivity contribution in [2.24, 2.45) is 5.73 Å². The molecule has 2 atom stereocenters. The first-order valence-corrected chi connectivity index (χ1v) is 5.92. The molecule has 4 N–H and O–H groups in total. The molecule has 0 fully saturated rings.